The SMILES string of the molecule is Cc1cc(C)c2sc(N(CCN(C)C)C(=O)c3sc4ccccc4c3Cl)nc2c1.Cl. The van der Waals surface area contributed by atoms with Crippen molar-refractivity contribution in [2.45, 2.75) is 13.8 Å². The van der Waals surface area contributed by atoms with Crippen molar-refractivity contribution in [2.24, 2.45) is 0 Å². The molecule has 2 aromatic carbocycles. The van der Waals surface area contributed by atoms with Gasteiger partial charge in [-0.25, -0.2) is 4.98 Å². The molecule has 30 heavy (non-hydrogen) atoms. The molecule has 2 heterocycles. The molecule has 0 N–H and O–H groups in total. The van der Waals surface area contributed by atoms with Gasteiger partial charge >= 0.3 is 0 Å². The first-order chi connectivity index (χ1) is 13.8. The van der Waals surface area contributed by atoms with Gasteiger partial charge < -0.3 is 4.90 Å². The number of halogens is 2. The van der Waals surface area contributed by atoms with E-state index >= 15 is 0 Å². The Labute approximate surface area is 195 Å². The zero-order valence-electron chi connectivity index (χ0n) is 17.2. The number of carbonyl (C=O) groups is 1. The van der Waals surface area contributed by atoms with E-state index in [1.807, 2.05) is 38.4 Å². The minimum atomic E-state index is -0.0912. The number of anilines is 1. The Bertz CT molecular complexity index is 1220. The molecule has 0 atom stereocenters. The van der Waals surface area contributed by atoms with Gasteiger partial charge in [0.05, 0.1) is 15.2 Å². The highest BCUT2D eigenvalue weighted by molar-refractivity contribution is 7.23. The van der Waals surface area contributed by atoms with Crippen molar-refractivity contribution in [1.29, 1.82) is 0 Å². The molecule has 158 valence electrons. The Balaban J connectivity index is 0.00000256. The molecule has 0 saturated carbocycles. The summed E-state index contributed by atoms with van der Waals surface area (Å²) in [5, 5.41) is 2.17. The second-order valence-corrected chi connectivity index (χ2v) is 9.84. The molecule has 4 rings (SSSR count). The van der Waals surface area contributed by atoms with Gasteiger partial charge in [0.1, 0.15) is 4.88 Å². The molecular weight excluding hydrogens is 457 g/mol. The van der Waals surface area contributed by atoms with Gasteiger partial charge in [-0.2, -0.15) is 0 Å². The van der Waals surface area contributed by atoms with Crippen molar-refractivity contribution in [3.63, 3.8) is 0 Å². The van der Waals surface area contributed by atoms with E-state index < -0.39 is 0 Å². The van der Waals surface area contributed by atoms with E-state index in [9.17, 15) is 4.79 Å². The number of hydrogen-bond donors (Lipinski definition) is 0. The third-order valence-electron chi connectivity index (χ3n) is 4.78. The number of benzene rings is 2. The first-order valence-electron chi connectivity index (χ1n) is 9.36. The lowest BCUT2D eigenvalue weighted by Crippen LogP contribution is -2.36. The molecule has 1 amide bonds. The second kappa shape index (κ2) is 9.20. The number of nitrogens with zero attached hydrogens (tertiary/aromatic N) is 3. The molecule has 4 aromatic rings. The van der Waals surface area contributed by atoms with E-state index in [1.165, 1.54) is 22.5 Å². The molecule has 0 bridgehead atoms. The fourth-order valence-corrected chi connectivity index (χ4v) is 5.84. The lowest BCUT2D eigenvalue weighted by molar-refractivity contribution is 0.0989. The van der Waals surface area contributed by atoms with Crippen molar-refractivity contribution >= 4 is 78.0 Å². The van der Waals surface area contributed by atoms with Gasteiger partial charge in [0.15, 0.2) is 5.13 Å². The second-order valence-electron chi connectivity index (χ2n) is 7.43. The van der Waals surface area contributed by atoms with Crippen LogP contribution in [0.3, 0.4) is 0 Å². The van der Waals surface area contributed by atoms with Crippen molar-refractivity contribution in [2.75, 3.05) is 32.1 Å². The summed E-state index contributed by atoms with van der Waals surface area (Å²) in [5.74, 6) is -0.0912. The first kappa shape index (κ1) is 23.0. The van der Waals surface area contributed by atoms with Gasteiger partial charge in [-0.15, -0.1) is 23.7 Å². The number of likely N-dealkylation sites (N-methyl/N-ethyl adjacent to an activating group) is 1. The normalized spacial score (nSPS) is 11.3. The number of thiazole rings is 1. The van der Waals surface area contributed by atoms with Crippen LogP contribution in [-0.4, -0.2) is 43.0 Å². The molecule has 0 aliphatic heterocycles. The Morgan fingerprint density at radius 3 is 2.53 bits per heavy atom. The van der Waals surface area contributed by atoms with Crippen LogP contribution in [0.1, 0.15) is 20.8 Å². The molecule has 0 radical (unpaired) electrons. The Morgan fingerprint density at radius 1 is 1.10 bits per heavy atom. The van der Waals surface area contributed by atoms with Gasteiger partial charge in [0, 0.05) is 23.2 Å². The third-order valence-corrected chi connectivity index (χ3v) is 7.68. The van der Waals surface area contributed by atoms with E-state index in [0.717, 1.165) is 26.8 Å². The van der Waals surface area contributed by atoms with Crippen LogP contribution in [0.25, 0.3) is 20.3 Å². The summed E-state index contributed by atoms with van der Waals surface area (Å²) in [6.07, 6.45) is 0. The van der Waals surface area contributed by atoms with Crippen LogP contribution >= 0.6 is 46.7 Å². The topological polar surface area (TPSA) is 36.4 Å². The summed E-state index contributed by atoms with van der Waals surface area (Å²) >= 11 is 9.61. The highest BCUT2D eigenvalue weighted by atomic mass is 35.5. The number of fused-ring (bicyclic) bond motifs is 2. The molecule has 2 aromatic heterocycles. The zero-order chi connectivity index (χ0) is 20.7. The standard InChI is InChI=1S/C22H22ClN3OS2.ClH/c1-13-11-14(2)19-16(12-13)24-22(29-19)26(10-9-25(3)4)21(27)20-18(23)15-7-5-6-8-17(15)28-20;/h5-8,11-12H,9-10H2,1-4H3;1H. The van der Waals surface area contributed by atoms with Gasteiger partial charge in [0.25, 0.3) is 5.91 Å². The number of rotatable bonds is 5. The predicted octanol–water partition coefficient (Wildman–Crippen LogP) is 6.41. The smallest absolute Gasteiger partial charge is 0.271 e. The number of hydrogen-bond acceptors (Lipinski definition) is 5. The predicted molar refractivity (Wildman–Crippen MR) is 133 cm³/mol. The average molecular weight is 480 g/mol. The van der Waals surface area contributed by atoms with Crippen molar-refractivity contribution < 1.29 is 4.79 Å². The summed E-state index contributed by atoms with van der Waals surface area (Å²) in [4.78, 5) is 22.8. The monoisotopic (exact) mass is 479 g/mol. The van der Waals surface area contributed by atoms with E-state index in [-0.39, 0.29) is 18.3 Å². The van der Waals surface area contributed by atoms with Gasteiger partial charge in [-0.1, -0.05) is 47.2 Å². The maximum atomic E-state index is 13.6. The minimum Gasteiger partial charge on any atom is -0.308 e. The van der Waals surface area contributed by atoms with E-state index in [1.54, 1.807) is 16.2 Å². The Morgan fingerprint density at radius 2 is 1.83 bits per heavy atom. The van der Waals surface area contributed by atoms with Crippen LogP contribution in [0.4, 0.5) is 5.13 Å². The highest BCUT2D eigenvalue weighted by Gasteiger charge is 2.26. The number of aromatic nitrogens is 1. The highest BCUT2D eigenvalue weighted by Crippen LogP contribution is 2.38. The van der Waals surface area contributed by atoms with E-state index in [2.05, 4.69) is 30.9 Å². The summed E-state index contributed by atoms with van der Waals surface area (Å²) < 4.78 is 2.14. The maximum absolute atomic E-state index is 13.6. The molecule has 4 nitrogen and oxygen atoms in total. The number of amides is 1. The van der Waals surface area contributed by atoms with Crippen molar-refractivity contribution in [3.05, 3.63) is 57.4 Å². The summed E-state index contributed by atoms with van der Waals surface area (Å²) in [5.41, 5.74) is 3.29. The fourth-order valence-electron chi connectivity index (χ4n) is 3.34. The quantitative estimate of drug-likeness (QED) is 0.331. The molecular formula is C22H23Cl2N3OS2. The maximum Gasteiger partial charge on any atom is 0.271 e. The number of thiophene rings is 1. The molecule has 0 fully saturated rings. The molecule has 0 aliphatic rings. The summed E-state index contributed by atoms with van der Waals surface area (Å²) in [6.45, 7) is 5.44. The zero-order valence-corrected chi connectivity index (χ0v) is 20.4. The fraction of sp³-hybridized carbons (Fsp3) is 0.273. The van der Waals surface area contributed by atoms with Crippen LogP contribution in [0.2, 0.25) is 5.02 Å². The molecule has 0 unspecified atom stereocenters. The minimum absolute atomic E-state index is 0. The molecule has 8 heteroatoms. The van der Waals surface area contributed by atoms with Gasteiger partial charge in [-0.05, 0) is 51.2 Å². The number of carbonyl (C=O) groups excluding carboxylic acids is 1. The van der Waals surface area contributed by atoms with Crippen LogP contribution in [-0.2, 0) is 0 Å². The summed E-state index contributed by atoms with van der Waals surface area (Å²) in [7, 11) is 4.00. The molecule has 0 saturated heterocycles. The summed E-state index contributed by atoms with van der Waals surface area (Å²) in [6, 6.07) is 12.1. The van der Waals surface area contributed by atoms with Crippen LogP contribution in [0, 0.1) is 13.8 Å². The van der Waals surface area contributed by atoms with Gasteiger partial charge in [0.2, 0.25) is 0 Å². The van der Waals surface area contributed by atoms with Crippen LogP contribution in [0.15, 0.2) is 36.4 Å². The third kappa shape index (κ3) is 4.34. The Kier molecular flexibility index (Phi) is 7.05. The molecule has 0 aliphatic carbocycles. The first-order valence-corrected chi connectivity index (χ1v) is 11.4. The lowest BCUT2D eigenvalue weighted by Gasteiger charge is -2.21. The van der Waals surface area contributed by atoms with Gasteiger partial charge in [-0.3, -0.25) is 9.69 Å². The van der Waals surface area contributed by atoms with Crippen molar-refractivity contribution in [3.8, 4) is 0 Å². The number of aryl methyl sites for hydroxylation is 2. The lowest BCUT2D eigenvalue weighted by atomic mass is 10.1. The Hall–Kier alpha value is -1.70. The average Bonchev–Trinajstić information content (AvgIpc) is 3.23. The van der Waals surface area contributed by atoms with E-state index in [0.29, 0.717) is 21.6 Å². The van der Waals surface area contributed by atoms with Crippen LogP contribution in [0.5, 0.6) is 0 Å². The van der Waals surface area contributed by atoms with Crippen LogP contribution < -0.4 is 4.90 Å². The van der Waals surface area contributed by atoms with E-state index in [4.69, 9.17) is 16.6 Å². The molecule has 0 spiro atoms. The van der Waals surface area contributed by atoms with Crippen molar-refractivity contribution in [1.82, 2.24) is 9.88 Å². The largest absolute Gasteiger partial charge is 0.308 e.